The van der Waals surface area contributed by atoms with Gasteiger partial charge in [0.1, 0.15) is 0 Å². The third-order valence-electron chi connectivity index (χ3n) is 3.52. The Hall–Kier alpha value is -1.97. The molecule has 0 radical (unpaired) electrons. The van der Waals surface area contributed by atoms with Crippen LogP contribution >= 0.6 is 0 Å². The monoisotopic (exact) mass is 259 g/mol. The van der Waals surface area contributed by atoms with Gasteiger partial charge < -0.3 is 14.8 Å². The van der Waals surface area contributed by atoms with Crippen molar-refractivity contribution in [3.63, 3.8) is 0 Å². The second kappa shape index (κ2) is 4.96. The molecule has 0 spiro atoms. The van der Waals surface area contributed by atoms with Crippen molar-refractivity contribution in [2.75, 3.05) is 6.79 Å². The molecule has 1 N–H and O–H groups in total. The molecule has 1 aromatic rings. The highest BCUT2D eigenvalue weighted by atomic mass is 16.7. The maximum atomic E-state index is 11.7. The van der Waals surface area contributed by atoms with Gasteiger partial charge in [-0.05, 0) is 49.5 Å². The molecule has 2 aliphatic rings. The highest BCUT2D eigenvalue weighted by molar-refractivity contribution is 5.92. The van der Waals surface area contributed by atoms with Gasteiger partial charge in [0, 0.05) is 12.1 Å². The van der Waals surface area contributed by atoms with Crippen molar-refractivity contribution in [2.45, 2.75) is 25.8 Å². The van der Waals surface area contributed by atoms with Gasteiger partial charge in [0.25, 0.3) is 0 Å². The molecule has 4 nitrogen and oxygen atoms in total. The van der Waals surface area contributed by atoms with Gasteiger partial charge in [0.2, 0.25) is 12.7 Å². The van der Waals surface area contributed by atoms with Crippen LogP contribution in [0.3, 0.4) is 0 Å². The predicted octanol–water partition coefficient (Wildman–Crippen LogP) is 2.34. The Morgan fingerprint density at radius 2 is 2.16 bits per heavy atom. The number of carbonyl (C=O) groups excluding carboxylic acids is 1. The Balaban J connectivity index is 1.60. The number of amides is 1. The molecule has 1 unspecified atom stereocenters. The molecule has 3 rings (SSSR count). The molecule has 4 heteroatoms. The van der Waals surface area contributed by atoms with Crippen LogP contribution in [0.5, 0.6) is 11.5 Å². The van der Waals surface area contributed by atoms with Gasteiger partial charge >= 0.3 is 0 Å². The fourth-order valence-electron chi connectivity index (χ4n) is 2.18. The van der Waals surface area contributed by atoms with E-state index in [2.05, 4.69) is 12.2 Å². The molecule has 1 aliphatic heterocycles. The van der Waals surface area contributed by atoms with Crippen molar-refractivity contribution in [1.29, 1.82) is 0 Å². The summed E-state index contributed by atoms with van der Waals surface area (Å²) in [4.78, 5) is 11.7. The van der Waals surface area contributed by atoms with Gasteiger partial charge in [0.05, 0.1) is 0 Å². The van der Waals surface area contributed by atoms with Crippen molar-refractivity contribution in [3.05, 3.63) is 29.8 Å². The van der Waals surface area contributed by atoms with Crippen LogP contribution in [0.1, 0.15) is 25.3 Å². The maximum absolute atomic E-state index is 11.7. The standard InChI is InChI=1S/C15H17NO3/c1-10(12-4-5-12)16-15(17)7-3-11-2-6-13-14(8-11)19-9-18-13/h2-3,6-8,10,12H,4-5,9H2,1H3,(H,16,17)/b7-3+. The van der Waals surface area contributed by atoms with Gasteiger partial charge in [-0.3, -0.25) is 4.79 Å². The van der Waals surface area contributed by atoms with E-state index in [-0.39, 0.29) is 18.7 Å². The van der Waals surface area contributed by atoms with Crippen LogP contribution in [-0.2, 0) is 4.79 Å². The van der Waals surface area contributed by atoms with Crippen molar-refractivity contribution in [2.24, 2.45) is 5.92 Å². The van der Waals surface area contributed by atoms with Crippen LogP contribution in [-0.4, -0.2) is 18.7 Å². The fraction of sp³-hybridized carbons (Fsp3) is 0.400. The Kier molecular flexibility index (Phi) is 3.15. The summed E-state index contributed by atoms with van der Waals surface area (Å²) in [5, 5.41) is 2.98. The molecule has 0 aromatic heterocycles. The minimum absolute atomic E-state index is 0.0444. The summed E-state index contributed by atoms with van der Waals surface area (Å²) in [7, 11) is 0. The van der Waals surface area contributed by atoms with Gasteiger partial charge in [-0.1, -0.05) is 6.07 Å². The van der Waals surface area contributed by atoms with E-state index in [1.165, 1.54) is 12.8 Å². The van der Waals surface area contributed by atoms with E-state index in [4.69, 9.17) is 9.47 Å². The molecule has 19 heavy (non-hydrogen) atoms. The highest BCUT2D eigenvalue weighted by Gasteiger charge is 2.28. The lowest BCUT2D eigenvalue weighted by atomic mass is 10.2. The topological polar surface area (TPSA) is 47.6 Å². The predicted molar refractivity (Wildman–Crippen MR) is 71.9 cm³/mol. The summed E-state index contributed by atoms with van der Waals surface area (Å²) < 4.78 is 10.5. The van der Waals surface area contributed by atoms with Crippen molar-refractivity contribution in [1.82, 2.24) is 5.32 Å². The van der Waals surface area contributed by atoms with Crippen LogP contribution in [0.2, 0.25) is 0 Å². The SMILES string of the molecule is CC(NC(=O)/C=C/c1ccc2c(c1)OCO2)C1CC1. The molecule has 1 heterocycles. The highest BCUT2D eigenvalue weighted by Crippen LogP contribution is 2.33. The van der Waals surface area contributed by atoms with Crippen LogP contribution in [0.4, 0.5) is 0 Å². The van der Waals surface area contributed by atoms with Gasteiger partial charge in [-0.15, -0.1) is 0 Å². The lowest BCUT2D eigenvalue weighted by Gasteiger charge is -2.10. The Labute approximate surface area is 112 Å². The lowest BCUT2D eigenvalue weighted by molar-refractivity contribution is -0.117. The number of benzene rings is 1. The van der Waals surface area contributed by atoms with E-state index in [1.54, 1.807) is 12.2 Å². The average molecular weight is 259 g/mol. The molecule has 1 amide bonds. The van der Waals surface area contributed by atoms with Crippen LogP contribution in [0, 0.1) is 5.92 Å². The Morgan fingerprint density at radius 3 is 2.95 bits per heavy atom. The first kappa shape index (κ1) is 12.1. The first-order valence-corrected chi connectivity index (χ1v) is 6.60. The largest absolute Gasteiger partial charge is 0.454 e. The van der Waals surface area contributed by atoms with E-state index in [9.17, 15) is 4.79 Å². The van der Waals surface area contributed by atoms with Crippen molar-refractivity contribution < 1.29 is 14.3 Å². The minimum atomic E-state index is -0.0444. The molecule has 1 fully saturated rings. The molecule has 100 valence electrons. The van der Waals surface area contributed by atoms with Crippen LogP contribution in [0.15, 0.2) is 24.3 Å². The van der Waals surface area contributed by atoms with Crippen molar-refractivity contribution in [3.8, 4) is 11.5 Å². The zero-order valence-electron chi connectivity index (χ0n) is 10.9. The summed E-state index contributed by atoms with van der Waals surface area (Å²) >= 11 is 0. The van der Waals surface area contributed by atoms with Crippen molar-refractivity contribution >= 4 is 12.0 Å². The first-order chi connectivity index (χ1) is 9.22. The van der Waals surface area contributed by atoms with E-state index >= 15 is 0 Å². The van der Waals surface area contributed by atoms with Gasteiger partial charge in [-0.25, -0.2) is 0 Å². The molecular formula is C15H17NO3. The van der Waals surface area contributed by atoms with Gasteiger partial charge in [-0.2, -0.15) is 0 Å². The second-order valence-electron chi connectivity index (χ2n) is 5.08. The zero-order valence-corrected chi connectivity index (χ0v) is 10.9. The number of nitrogens with one attached hydrogen (secondary N) is 1. The second-order valence-corrected chi connectivity index (χ2v) is 5.08. The number of rotatable bonds is 4. The summed E-state index contributed by atoms with van der Waals surface area (Å²) in [5.74, 6) is 2.11. The summed E-state index contributed by atoms with van der Waals surface area (Å²) in [6.45, 7) is 2.33. The fourth-order valence-corrected chi connectivity index (χ4v) is 2.18. The Morgan fingerprint density at radius 1 is 1.37 bits per heavy atom. The van der Waals surface area contributed by atoms with Gasteiger partial charge in [0.15, 0.2) is 11.5 Å². The zero-order chi connectivity index (χ0) is 13.2. The van der Waals surface area contributed by atoms with E-state index in [0.717, 1.165) is 17.1 Å². The third kappa shape index (κ3) is 2.89. The summed E-state index contributed by atoms with van der Waals surface area (Å²) in [5.41, 5.74) is 0.929. The molecule has 0 bridgehead atoms. The minimum Gasteiger partial charge on any atom is -0.454 e. The lowest BCUT2D eigenvalue weighted by Crippen LogP contribution is -2.32. The number of carbonyl (C=O) groups is 1. The molecule has 1 aromatic carbocycles. The van der Waals surface area contributed by atoms with E-state index in [0.29, 0.717) is 5.92 Å². The van der Waals surface area contributed by atoms with E-state index in [1.807, 2.05) is 18.2 Å². The molecular weight excluding hydrogens is 242 g/mol. The smallest absolute Gasteiger partial charge is 0.244 e. The maximum Gasteiger partial charge on any atom is 0.244 e. The van der Waals surface area contributed by atoms with Crippen LogP contribution < -0.4 is 14.8 Å². The number of hydrogen-bond acceptors (Lipinski definition) is 3. The van der Waals surface area contributed by atoms with Crippen LogP contribution in [0.25, 0.3) is 6.08 Å². The molecule has 0 saturated heterocycles. The third-order valence-corrected chi connectivity index (χ3v) is 3.52. The van der Waals surface area contributed by atoms with E-state index < -0.39 is 0 Å². The normalized spacial score (nSPS) is 18.6. The summed E-state index contributed by atoms with van der Waals surface area (Å²) in [6.07, 6.45) is 5.81. The summed E-state index contributed by atoms with van der Waals surface area (Å²) in [6, 6.07) is 5.90. The molecule has 1 atom stereocenters. The quantitative estimate of drug-likeness (QED) is 0.844. The number of hydrogen-bond donors (Lipinski definition) is 1. The number of fused-ring (bicyclic) bond motifs is 1. The first-order valence-electron chi connectivity index (χ1n) is 6.60. The average Bonchev–Trinajstić information content (AvgIpc) is 3.15. The molecule has 1 aliphatic carbocycles. The Bertz CT molecular complexity index is 520. The number of ether oxygens (including phenoxy) is 2. The molecule has 1 saturated carbocycles.